The predicted octanol–water partition coefficient (Wildman–Crippen LogP) is 4.92. The lowest BCUT2D eigenvalue weighted by molar-refractivity contribution is -0.385. The second-order valence-electron chi connectivity index (χ2n) is 4.25. The van der Waals surface area contributed by atoms with Gasteiger partial charge in [-0.1, -0.05) is 23.7 Å². The summed E-state index contributed by atoms with van der Waals surface area (Å²) in [6.45, 7) is 2.58. The molecular weight excluding hydrogens is 364 g/mol. The van der Waals surface area contributed by atoms with E-state index in [4.69, 9.17) is 11.6 Å². The van der Waals surface area contributed by atoms with Gasteiger partial charge >= 0.3 is 0 Å². The minimum atomic E-state index is -0.393. The van der Waals surface area contributed by atoms with Crippen molar-refractivity contribution in [1.82, 2.24) is 5.32 Å². The fraction of sp³-hybridized carbons (Fsp3) is 0.231. The lowest BCUT2D eigenvalue weighted by atomic mass is 10.2. The number of nitro benzene ring substituents is 1. The lowest BCUT2D eigenvalue weighted by Crippen LogP contribution is -2.17. The molecule has 0 amide bonds. The smallest absolute Gasteiger partial charge is 0.283 e. The van der Waals surface area contributed by atoms with Gasteiger partial charge in [0.15, 0.2) is 0 Å². The highest BCUT2D eigenvalue weighted by atomic mass is 79.9. The van der Waals surface area contributed by atoms with Crippen molar-refractivity contribution in [3.8, 4) is 0 Å². The van der Waals surface area contributed by atoms with Crippen LogP contribution in [0.1, 0.15) is 23.4 Å². The van der Waals surface area contributed by atoms with Gasteiger partial charge in [0.25, 0.3) is 5.69 Å². The van der Waals surface area contributed by atoms with Crippen molar-refractivity contribution >= 4 is 44.6 Å². The van der Waals surface area contributed by atoms with Crippen LogP contribution in [0, 0.1) is 10.1 Å². The minimum absolute atomic E-state index is 0.0797. The summed E-state index contributed by atoms with van der Waals surface area (Å²) in [7, 11) is 0. The Balaban J connectivity index is 2.08. The molecule has 1 unspecified atom stereocenters. The van der Waals surface area contributed by atoms with E-state index in [0.29, 0.717) is 11.0 Å². The molecule has 0 aliphatic heterocycles. The first kappa shape index (κ1) is 15.4. The zero-order valence-corrected chi connectivity index (χ0v) is 13.8. The summed E-state index contributed by atoms with van der Waals surface area (Å²) in [4.78, 5) is 11.6. The molecule has 20 heavy (non-hydrogen) atoms. The first-order chi connectivity index (χ1) is 9.49. The predicted molar refractivity (Wildman–Crippen MR) is 85.4 cm³/mol. The highest BCUT2D eigenvalue weighted by Crippen LogP contribution is 2.30. The molecule has 7 heteroatoms. The maximum Gasteiger partial charge on any atom is 0.283 e. The SMILES string of the molecule is CC(NCc1cccc([N+](=O)[O-])c1Br)c1ccc(Cl)s1. The number of nitrogens with one attached hydrogen (secondary N) is 1. The van der Waals surface area contributed by atoms with Crippen LogP contribution in [0.15, 0.2) is 34.8 Å². The van der Waals surface area contributed by atoms with Gasteiger partial charge in [-0.05, 0) is 40.5 Å². The van der Waals surface area contributed by atoms with Crippen LogP contribution in [0.4, 0.5) is 5.69 Å². The second kappa shape index (κ2) is 6.67. The van der Waals surface area contributed by atoms with E-state index in [2.05, 4.69) is 21.2 Å². The number of benzene rings is 1. The number of halogens is 2. The summed E-state index contributed by atoms with van der Waals surface area (Å²) in [5, 5.41) is 14.2. The van der Waals surface area contributed by atoms with Gasteiger partial charge in [0.05, 0.1) is 13.7 Å². The Hall–Kier alpha value is -0.950. The Morgan fingerprint density at radius 1 is 1.45 bits per heavy atom. The molecule has 0 bridgehead atoms. The maximum absolute atomic E-state index is 10.9. The molecule has 0 fully saturated rings. The fourth-order valence-electron chi connectivity index (χ4n) is 1.77. The van der Waals surface area contributed by atoms with Crippen LogP contribution in [0.3, 0.4) is 0 Å². The van der Waals surface area contributed by atoms with Crippen LogP contribution in [-0.4, -0.2) is 4.92 Å². The highest BCUT2D eigenvalue weighted by Gasteiger charge is 2.15. The van der Waals surface area contributed by atoms with Gasteiger partial charge < -0.3 is 5.32 Å². The van der Waals surface area contributed by atoms with Crippen LogP contribution in [0.5, 0.6) is 0 Å². The molecule has 1 aromatic carbocycles. The average molecular weight is 376 g/mol. The molecule has 4 nitrogen and oxygen atoms in total. The first-order valence-corrected chi connectivity index (χ1v) is 7.88. The molecule has 1 atom stereocenters. The van der Waals surface area contributed by atoms with Crippen molar-refractivity contribution in [3.05, 3.63) is 59.7 Å². The van der Waals surface area contributed by atoms with E-state index >= 15 is 0 Å². The Kier molecular flexibility index (Phi) is 5.15. The molecule has 0 saturated heterocycles. The molecule has 2 aromatic rings. The Morgan fingerprint density at radius 2 is 2.20 bits per heavy atom. The number of rotatable bonds is 5. The third kappa shape index (κ3) is 3.58. The topological polar surface area (TPSA) is 55.2 Å². The Bertz CT molecular complexity index is 633. The second-order valence-corrected chi connectivity index (χ2v) is 6.79. The van der Waals surface area contributed by atoms with E-state index < -0.39 is 4.92 Å². The largest absolute Gasteiger partial charge is 0.305 e. The lowest BCUT2D eigenvalue weighted by Gasteiger charge is -2.13. The molecule has 0 aliphatic carbocycles. The third-order valence-electron chi connectivity index (χ3n) is 2.87. The van der Waals surface area contributed by atoms with Crippen LogP contribution in [0.25, 0.3) is 0 Å². The van der Waals surface area contributed by atoms with Gasteiger partial charge in [0.1, 0.15) is 0 Å². The summed E-state index contributed by atoms with van der Waals surface area (Å²) >= 11 is 10.7. The quantitative estimate of drug-likeness (QED) is 0.596. The summed E-state index contributed by atoms with van der Waals surface area (Å²) < 4.78 is 1.28. The molecule has 2 rings (SSSR count). The molecule has 106 valence electrons. The zero-order valence-electron chi connectivity index (χ0n) is 10.6. The van der Waals surface area contributed by atoms with Gasteiger partial charge in [-0.15, -0.1) is 11.3 Å². The molecule has 1 N–H and O–H groups in total. The summed E-state index contributed by atoms with van der Waals surface area (Å²) in [5.74, 6) is 0. The third-order valence-corrected chi connectivity index (χ3v) is 5.20. The highest BCUT2D eigenvalue weighted by molar-refractivity contribution is 9.10. The first-order valence-electron chi connectivity index (χ1n) is 5.89. The van der Waals surface area contributed by atoms with E-state index in [9.17, 15) is 10.1 Å². The van der Waals surface area contributed by atoms with Gasteiger partial charge in [-0.2, -0.15) is 0 Å². The molecule has 1 aromatic heterocycles. The Morgan fingerprint density at radius 3 is 2.80 bits per heavy atom. The van der Waals surface area contributed by atoms with Gasteiger partial charge in [-0.25, -0.2) is 0 Å². The summed E-state index contributed by atoms with van der Waals surface area (Å²) in [6, 6.07) is 9.01. The number of hydrogen-bond donors (Lipinski definition) is 1. The number of nitrogens with zero attached hydrogens (tertiary/aromatic N) is 1. The van der Waals surface area contributed by atoms with Gasteiger partial charge in [0, 0.05) is 23.5 Å². The van der Waals surface area contributed by atoms with Crippen LogP contribution >= 0.6 is 38.9 Å². The zero-order chi connectivity index (χ0) is 14.7. The fourth-order valence-corrected chi connectivity index (χ4v) is 3.41. The molecule has 0 spiro atoms. The van der Waals surface area contributed by atoms with Gasteiger partial charge in [-0.3, -0.25) is 10.1 Å². The normalized spacial score (nSPS) is 12.3. The van der Waals surface area contributed by atoms with E-state index in [1.807, 2.05) is 25.1 Å². The molecule has 0 saturated carbocycles. The van der Waals surface area contributed by atoms with Crippen molar-refractivity contribution in [1.29, 1.82) is 0 Å². The van der Waals surface area contributed by atoms with Crippen molar-refractivity contribution in [2.75, 3.05) is 0 Å². The van der Waals surface area contributed by atoms with E-state index in [-0.39, 0.29) is 11.7 Å². The van der Waals surface area contributed by atoms with Crippen molar-refractivity contribution in [2.24, 2.45) is 0 Å². The van der Waals surface area contributed by atoms with Crippen molar-refractivity contribution in [3.63, 3.8) is 0 Å². The van der Waals surface area contributed by atoms with Crippen LogP contribution < -0.4 is 5.32 Å². The van der Waals surface area contributed by atoms with Crippen molar-refractivity contribution < 1.29 is 4.92 Å². The molecule has 0 radical (unpaired) electrons. The van der Waals surface area contributed by atoms with Crippen molar-refractivity contribution in [2.45, 2.75) is 19.5 Å². The monoisotopic (exact) mass is 374 g/mol. The van der Waals surface area contributed by atoms with Gasteiger partial charge in [0.2, 0.25) is 0 Å². The Labute approximate surface area is 134 Å². The van der Waals surface area contributed by atoms with E-state index in [1.54, 1.807) is 6.07 Å². The summed E-state index contributed by atoms with van der Waals surface area (Å²) in [6.07, 6.45) is 0. The average Bonchev–Trinajstić information content (AvgIpc) is 2.83. The molecular formula is C13H12BrClN2O2S. The van der Waals surface area contributed by atoms with E-state index in [1.165, 1.54) is 17.4 Å². The van der Waals surface area contributed by atoms with Crippen LogP contribution in [-0.2, 0) is 6.54 Å². The number of hydrogen-bond acceptors (Lipinski definition) is 4. The standard InChI is InChI=1S/C13H12BrClN2O2S/c1-8(11-5-6-12(15)20-11)16-7-9-3-2-4-10(13(9)14)17(18)19/h2-6,8,16H,7H2,1H3. The number of nitro groups is 1. The number of thiophene rings is 1. The summed E-state index contributed by atoms with van der Waals surface area (Å²) in [5.41, 5.74) is 0.935. The van der Waals surface area contributed by atoms with Crippen LogP contribution in [0.2, 0.25) is 4.34 Å². The molecule has 0 aliphatic rings. The van der Waals surface area contributed by atoms with E-state index in [0.717, 1.165) is 14.8 Å². The minimum Gasteiger partial charge on any atom is -0.305 e. The molecule has 1 heterocycles. The maximum atomic E-state index is 10.9.